The molecular formula is C13H22BrN3O. The highest BCUT2D eigenvalue weighted by atomic mass is 79.9. The lowest BCUT2D eigenvalue weighted by Crippen LogP contribution is -2.22. The summed E-state index contributed by atoms with van der Waals surface area (Å²) in [4.78, 5) is 0. The summed E-state index contributed by atoms with van der Waals surface area (Å²) in [6, 6.07) is 0.339. The fourth-order valence-corrected chi connectivity index (χ4v) is 3.19. The Bertz CT molecular complexity index is 374. The minimum Gasteiger partial charge on any atom is -0.378 e. The molecule has 0 amide bonds. The maximum absolute atomic E-state index is 5.69. The monoisotopic (exact) mass is 315 g/mol. The summed E-state index contributed by atoms with van der Waals surface area (Å²) in [5.41, 5.74) is 1.25. The Morgan fingerprint density at radius 2 is 2.50 bits per heavy atom. The van der Waals surface area contributed by atoms with Crippen LogP contribution >= 0.6 is 15.9 Å². The van der Waals surface area contributed by atoms with Crippen molar-refractivity contribution in [2.45, 2.75) is 51.3 Å². The van der Waals surface area contributed by atoms with Gasteiger partial charge < -0.3 is 10.1 Å². The van der Waals surface area contributed by atoms with Gasteiger partial charge in [0.1, 0.15) is 0 Å². The molecule has 1 aliphatic heterocycles. The van der Waals surface area contributed by atoms with Crippen LogP contribution < -0.4 is 5.32 Å². The molecule has 0 bridgehead atoms. The Morgan fingerprint density at radius 1 is 1.67 bits per heavy atom. The van der Waals surface area contributed by atoms with Crippen LogP contribution in [0.5, 0.6) is 0 Å². The van der Waals surface area contributed by atoms with Crippen molar-refractivity contribution in [2.24, 2.45) is 0 Å². The second kappa shape index (κ2) is 6.68. The van der Waals surface area contributed by atoms with Crippen molar-refractivity contribution >= 4 is 15.9 Å². The first kappa shape index (κ1) is 14.0. The molecule has 2 unspecified atom stereocenters. The average molecular weight is 316 g/mol. The molecule has 0 spiro atoms. The SMILES string of the molecule is CCn1ncc(Br)c1C(CCC1CCCO1)NC. The smallest absolute Gasteiger partial charge is 0.0695 e. The highest BCUT2D eigenvalue weighted by molar-refractivity contribution is 9.10. The number of halogens is 1. The Labute approximate surface area is 117 Å². The third kappa shape index (κ3) is 3.13. The van der Waals surface area contributed by atoms with Gasteiger partial charge in [-0.2, -0.15) is 5.10 Å². The Balaban J connectivity index is 2.00. The van der Waals surface area contributed by atoms with E-state index in [1.807, 2.05) is 13.2 Å². The van der Waals surface area contributed by atoms with E-state index >= 15 is 0 Å². The number of aromatic nitrogens is 2. The van der Waals surface area contributed by atoms with Gasteiger partial charge in [0.05, 0.1) is 28.5 Å². The Kier molecular flexibility index (Phi) is 5.21. The van der Waals surface area contributed by atoms with Crippen molar-refractivity contribution in [3.8, 4) is 0 Å². The largest absolute Gasteiger partial charge is 0.378 e. The van der Waals surface area contributed by atoms with E-state index in [0.717, 1.165) is 30.5 Å². The predicted molar refractivity (Wildman–Crippen MR) is 75.6 cm³/mol. The summed E-state index contributed by atoms with van der Waals surface area (Å²) in [5, 5.41) is 7.78. The number of ether oxygens (including phenoxy) is 1. The summed E-state index contributed by atoms with van der Waals surface area (Å²) in [6.45, 7) is 3.96. The van der Waals surface area contributed by atoms with Crippen molar-refractivity contribution in [1.82, 2.24) is 15.1 Å². The zero-order valence-corrected chi connectivity index (χ0v) is 12.7. The summed E-state index contributed by atoms with van der Waals surface area (Å²) >= 11 is 3.60. The molecule has 0 radical (unpaired) electrons. The van der Waals surface area contributed by atoms with Gasteiger partial charge >= 0.3 is 0 Å². The van der Waals surface area contributed by atoms with E-state index in [2.05, 4.69) is 38.0 Å². The predicted octanol–water partition coefficient (Wildman–Crippen LogP) is 2.89. The fourth-order valence-electron chi connectivity index (χ4n) is 2.61. The molecule has 4 nitrogen and oxygen atoms in total. The minimum absolute atomic E-state index is 0.339. The van der Waals surface area contributed by atoms with E-state index in [1.165, 1.54) is 18.5 Å². The molecule has 102 valence electrons. The van der Waals surface area contributed by atoms with E-state index in [4.69, 9.17) is 4.74 Å². The first-order valence-electron chi connectivity index (χ1n) is 6.76. The van der Waals surface area contributed by atoms with Crippen LogP contribution in [0, 0.1) is 0 Å². The van der Waals surface area contributed by atoms with Crippen LogP contribution in [0.15, 0.2) is 10.7 Å². The van der Waals surface area contributed by atoms with Gasteiger partial charge in [-0.05, 0) is 55.6 Å². The molecule has 1 fully saturated rings. The molecule has 18 heavy (non-hydrogen) atoms. The normalized spacial score (nSPS) is 21.4. The molecule has 2 rings (SSSR count). The maximum Gasteiger partial charge on any atom is 0.0695 e. The van der Waals surface area contributed by atoms with Gasteiger partial charge in [0.15, 0.2) is 0 Å². The summed E-state index contributed by atoms with van der Waals surface area (Å²) in [5.74, 6) is 0. The highest BCUT2D eigenvalue weighted by Gasteiger charge is 2.21. The van der Waals surface area contributed by atoms with E-state index in [1.54, 1.807) is 0 Å². The molecular weight excluding hydrogens is 294 g/mol. The summed E-state index contributed by atoms with van der Waals surface area (Å²) in [7, 11) is 2.01. The van der Waals surface area contributed by atoms with Crippen LogP contribution in [0.1, 0.15) is 44.3 Å². The maximum atomic E-state index is 5.69. The van der Waals surface area contributed by atoms with Gasteiger partial charge in [0, 0.05) is 13.2 Å². The van der Waals surface area contributed by atoms with Crippen LogP contribution in [-0.4, -0.2) is 29.5 Å². The lowest BCUT2D eigenvalue weighted by Gasteiger charge is -2.20. The Morgan fingerprint density at radius 3 is 3.11 bits per heavy atom. The van der Waals surface area contributed by atoms with E-state index in [-0.39, 0.29) is 0 Å². The quantitative estimate of drug-likeness (QED) is 0.877. The number of nitrogens with one attached hydrogen (secondary N) is 1. The molecule has 0 aromatic carbocycles. The first-order valence-corrected chi connectivity index (χ1v) is 7.55. The minimum atomic E-state index is 0.339. The molecule has 1 aliphatic rings. The molecule has 1 aromatic heterocycles. The highest BCUT2D eigenvalue weighted by Crippen LogP contribution is 2.28. The Hall–Kier alpha value is -0.390. The van der Waals surface area contributed by atoms with Gasteiger partial charge in [-0.25, -0.2) is 0 Å². The van der Waals surface area contributed by atoms with E-state index in [9.17, 15) is 0 Å². The van der Waals surface area contributed by atoms with Gasteiger partial charge in [-0.3, -0.25) is 4.68 Å². The molecule has 2 heterocycles. The zero-order chi connectivity index (χ0) is 13.0. The molecule has 0 aliphatic carbocycles. The van der Waals surface area contributed by atoms with Crippen LogP contribution in [0.4, 0.5) is 0 Å². The second-order valence-corrected chi connectivity index (χ2v) is 5.60. The second-order valence-electron chi connectivity index (χ2n) is 4.75. The molecule has 1 aromatic rings. The van der Waals surface area contributed by atoms with Crippen molar-refractivity contribution in [1.29, 1.82) is 0 Å². The van der Waals surface area contributed by atoms with Crippen molar-refractivity contribution in [3.63, 3.8) is 0 Å². The van der Waals surface area contributed by atoms with Crippen molar-refractivity contribution in [2.75, 3.05) is 13.7 Å². The summed E-state index contributed by atoms with van der Waals surface area (Å²) in [6.07, 6.45) is 6.97. The molecule has 2 atom stereocenters. The number of aryl methyl sites for hydroxylation is 1. The molecule has 1 saturated heterocycles. The van der Waals surface area contributed by atoms with Crippen molar-refractivity contribution in [3.05, 3.63) is 16.4 Å². The molecule has 5 heteroatoms. The lowest BCUT2D eigenvalue weighted by molar-refractivity contribution is 0.0995. The summed E-state index contributed by atoms with van der Waals surface area (Å²) < 4.78 is 8.84. The lowest BCUT2D eigenvalue weighted by atomic mass is 10.0. The van der Waals surface area contributed by atoms with Gasteiger partial charge in [-0.1, -0.05) is 0 Å². The third-order valence-corrected chi connectivity index (χ3v) is 4.22. The molecule has 0 saturated carbocycles. The fraction of sp³-hybridized carbons (Fsp3) is 0.769. The standard InChI is InChI=1S/C13H22BrN3O/c1-3-17-13(11(14)9-16-17)12(15-2)7-6-10-5-4-8-18-10/h9-10,12,15H,3-8H2,1-2H3. The van der Waals surface area contributed by atoms with Gasteiger partial charge in [0.2, 0.25) is 0 Å². The number of rotatable bonds is 6. The third-order valence-electron chi connectivity index (χ3n) is 3.61. The van der Waals surface area contributed by atoms with Crippen LogP contribution in [0.2, 0.25) is 0 Å². The van der Waals surface area contributed by atoms with Gasteiger partial charge in [0.25, 0.3) is 0 Å². The van der Waals surface area contributed by atoms with Crippen LogP contribution in [0.25, 0.3) is 0 Å². The number of nitrogens with zero attached hydrogens (tertiary/aromatic N) is 2. The molecule has 1 N–H and O–H groups in total. The topological polar surface area (TPSA) is 39.1 Å². The average Bonchev–Trinajstić information content (AvgIpc) is 3.01. The number of hydrogen-bond acceptors (Lipinski definition) is 3. The first-order chi connectivity index (χ1) is 8.76. The van der Waals surface area contributed by atoms with Crippen LogP contribution in [0.3, 0.4) is 0 Å². The van der Waals surface area contributed by atoms with E-state index in [0.29, 0.717) is 12.1 Å². The van der Waals surface area contributed by atoms with Crippen molar-refractivity contribution < 1.29 is 4.74 Å². The van der Waals surface area contributed by atoms with E-state index < -0.39 is 0 Å². The van der Waals surface area contributed by atoms with Crippen LogP contribution in [-0.2, 0) is 11.3 Å². The zero-order valence-electron chi connectivity index (χ0n) is 11.2. The number of hydrogen-bond donors (Lipinski definition) is 1. The van der Waals surface area contributed by atoms with Gasteiger partial charge in [-0.15, -0.1) is 0 Å².